The van der Waals surface area contributed by atoms with Crippen LogP contribution in [0.4, 0.5) is 0 Å². The summed E-state index contributed by atoms with van der Waals surface area (Å²) in [5.41, 5.74) is 7.30. The Hall–Kier alpha value is -2.42. The highest BCUT2D eigenvalue weighted by atomic mass is 16.5. The van der Waals surface area contributed by atoms with Crippen LogP contribution >= 0.6 is 0 Å². The normalized spacial score (nSPS) is 10.8. The summed E-state index contributed by atoms with van der Waals surface area (Å²) in [6, 6.07) is 25.3. The van der Waals surface area contributed by atoms with E-state index < -0.39 is 0 Å². The number of benzene rings is 3. The molecule has 0 fully saturated rings. The summed E-state index contributed by atoms with van der Waals surface area (Å²) in [5, 5.41) is 8.96. The molecule has 25 heavy (non-hydrogen) atoms. The van der Waals surface area contributed by atoms with Gasteiger partial charge in [0.2, 0.25) is 0 Å². The number of ether oxygens (including phenoxy) is 1. The van der Waals surface area contributed by atoms with Gasteiger partial charge in [-0.1, -0.05) is 72.8 Å². The molecule has 0 aliphatic rings. The summed E-state index contributed by atoms with van der Waals surface area (Å²) in [6.45, 7) is 3.41. The van der Waals surface area contributed by atoms with Crippen LogP contribution in [0.2, 0.25) is 0 Å². The van der Waals surface area contributed by atoms with Crippen molar-refractivity contribution in [3.8, 4) is 22.3 Å². The molecule has 3 aromatic rings. The topological polar surface area (TPSA) is 29.5 Å². The smallest absolute Gasteiger partial charge is 0.0725 e. The molecule has 2 nitrogen and oxygen atoms in total. The summed E-state index contributed by atoms with van der Waals surface area (Å²) in [5.74, 6) is 0. The highest BCUT2D eigenvalue weighted by Crippen LogP contribution is 2.37. The van der Waals surface area contributed by atoms with Crippen molar-refractivity contribution in [2.45, 2.75) is 20.0 Å². The molecule has 0 saturated carbocycles. The van der Waals surface area contributed by atoms with Crippen LogP contribution in [-0.4, -0.2) is 18.3 Å². The SMILES string of the molecule is Cc1ccc(-c2ccccc2)c(-c2ccccc2)c1COCCCO. The highest BCUT2D eigenvalue weighted by Gasteiger charge is 2.14. The highest BCUT2D eigenvalue weighted by molar-refractivity contribution is 5.86. The molecule has 0 aliphatic heterocycles. The molecular formula is C23H24O2. The zero-order valence-corrected chi connectivity index (χ0v) is 14.6. The average molecular weight is 332 g/mol. The maximum atomic E-state index is 8.96. The lowest BCUT2D eigenvalue weighted by atomic mass is 9.88. The maximum Gasteiger partial charge on any atom is 0.0725 e. The van der Waals surface area contributed by atoms with Crippen LogP contribution in [0.25, 0.3) is 22.3 Å². The zero-order valence-electron chi connectivity index (χ0n) is 14.6. The Kier molecular flexibility index (Phi) is 5.99. The van der Waals surface area contributed by atoms with Crippen molar-refractivity contribution in [3.63, 3.8) is 0 Å². The van der Waals surface area contributed by atoms with Gasteiger partial charge in [0.25, 0.3) is 0 Å². The molecule has 0 aliphatic carbocycles. The van der Waals surface area contributed by atoms with Gasteiger partial charge in [0.05, 0.1) is 6.61 Å². The maximum absolute atomic E-state index is 8.96. The number of aliphatic hydroxyl groups excluding tert-OH is 1. The van der Waals surface area contributed by atoms with E-state index in [2.05, 4.69) is 67.6 Å². The standard InChI is InChI=1S/C23H24O2/c1-18-13-14-21(19-9-4-2-5-10-19)23(20-11-6-3-7-12-20)22(18)17-25-16-8-15-24/h2-7,9-14,24H,8,15-17H2,1H3. The third-order valence-electron chi connectivity index (χ3n) is 4.39. The molecule has 0 unspecified atom stereocenters. The van der Waals surface area contributed by atoms with Gasteiger partial charge in [-0.05, 0) is 46.7 Å². The first kappa shape index (κ1) is 17.4. The summed E-state index contributed by atoms with van der Waals surface area (Å²) in [7, 11) is 0. The Morgan fingerprint density at radius 3 is 2.08 bits per heavy atom. The van der Waals surface area contributed by atoms with Crippen LogP contribution in [-0.2, 0) is 11.3 Å². The summed E-state index contributed by atoms with van der Waals surface area (Å²) < 4.78 is 5.83. The van der Waals surface area contributed by atoms with Crippen LogP contribution < -0.4 is 0 Å². The van der Waals surface area contributed by atoms with E-state index in [4.69, 9.17) is 9.84 Å². The minimum absolute atomic E-state index is 0.161. The summed E-state index contributed by atoms with van der Waals surface area (Å²) in [4.78, 5) is 0. The lowest BCUT2D eigenvalue weighted by Gasteiger charge is -2.18. The monoisotopic (exact) mass is 332 g/mol. The molecular weight excluding hydrogens is 308 g/mol. The molecule has 3 aromatic carbocycles. The minimum Gasteiger partial charge on any atom is -0.396 e. The van der Waals surface area contributed by atoms with Gasteiger partial charge in [0.15, 0.2) is 0 Å². The Bertz CT molecular complexity index is 795. The van der Waals surface area contributed by atoms with Gasteiger partial charge >= 0.3 is 0 Å². The van der Waals surface area contributed by atoms with Gasteiger partial charge < -0.3 is 9.84 Å². The van der Waals surface area contributed by atoms with Crippen molar-refractivity contribution in [2.75, 3.05) is 13.2 Å². The molecule has 0 radical (unpaired) electrons. The van der Waals surface area contributed by atoms with Crippen LogP contribution in [0.3, 0.4) is 0 Å². The van der Waals surface area contributed by atoms with E-state index in [1.165, 1.54) is 33.4 Å². The van der Waals surface area contributed by atoms with Gasteiger partial charge in [-0.3, -0.25) is 0 Å². The first-order valence-electron chi connectivity index (χ1n) is 8.73. The molecule has 3 rings (SSSR count). The predicted molar refractivity (Wildman–Crippen MR) is 103 cm³/mol. The Labute approximate surface area is 149 Å². The van der Waals surface area contributed by atoms with Crippen molar-refractivity contribution in [1.29, 1.82) is 0 Å². The molecule has 0 bridgehead atoms. The third-order valence-corrected chi connectivity index (χ3v) is 4.39. The second kappa shape index (κ2) is 8.61. The fourth-order valence-electron chi connectivity index (χ4n) is 3.07. The lowest BCUT2D eigenvalue weighted by Crippen LogP contribution is -2.02. The number of aryl methyl sites for hydroxylation is 1. The van der Waals surface area contributed by atoms with Crippen LogP contribution in [0.1, 0.15) is 17.5 Å². The van der Waals surface area contributed by atoms with E-state index in [9.17, 15) is 0 Å². The molecule has 128 valence electrons. The van der Waals surface area contributed by atoms with Crippen molar-refractivity contribution in [1.82, 2.24) is 0 Å². The van der Waals surface area contributed by atoms with Gasteiger partial charge in [-0.25, -0.2) is 0 Å². The summed E-state index contributed by atoms with van der Waals surface area (Å²) in [6.07, 6.45) is 0.665. The zero-order chi connectivity index (χ0) is 17.5. The predicted octanol–water partition coefficient (Wildman–Crippen LogP) is 5.23. The van der Waals surface area contributed by atoms with Crippen LogP contribution in [0.15, 0.2) is 72.8 Å². The molecule has 0 atom stereocenters. The number of aliphatic hydroxyl groups is 1. The van der Waals surface area contributed by atoms with Crippen molar-refractivity contribution in [2.24, 2.45) is 0 Å². The van der Waals surface area contributed by atoms with Crippen LogP contribution in [0.5, 0.6) is 0 Å². The van der Waals surface area contributed by atoms with Crippen molar-refractivity contribution in [3.05, 3.63) is 83.9 Å². The lowest BCUT2D eigenvalue weighted by molar-refractivity contribution is 0.104. The molecule has 0 saturated heterocycles. The second-order valence-corrected chi connectivity index (χ2v) is 6.15. The van der Waals surface area contributed by atoms with Gasteiger partial charge in [-0.15, -0.1) is 0 Å². The first-order chi connectivity index (χ1) is 12.3. The largest absolute Gasteiger partial charge is 0.396 e. The average Bonchev–Trinajstić information content (AvgIpc) is 2.67. The molecule has 0 amide bonds. The van der Waals surface area contributed by atoms with Gasteiger partial charge in [0, 0.05) is 13.2 Å². The summed E-state index contributed by atoms with van der Waals surface area (Å²) >= 11 is 0. The molecule has 1 N–H and O–H groups in total. The number of hydrogen-bond acceptors (Lipinski definition) is 2. The van der Waals surface area contributed by atoms with Crippen LogP contribution in [0, 0.1) is 6.92 Å². The number of hydrogen-bond donors (Lipinski definition) is 1. The van der Waals surface area contributed by atoms with E-state index >= 15 is 0 Å². The van der Waals surface area contributed by atoms with E-state index in [-0.39, 0.29) is 6.61 Å². The van der Waals surface area contributed by atoms with Crippen molar-refractivity contribution < 1.29 is 9.84 Å². The van der Waals surface area contributed by atoms with Gasteiger partial charge in [-0.2, -0.15) is 0 Å². The molecule has 0 spiro atoms. The first-order valence-corrected chi connectivity index (χ1v) is 8.73. The van der Waals surface area contributed by atoms with E-state index in [1.807, 2.05) is 12.1 Å². The minimum atomic E-state index is 0.161. The Balaban J connectivity index is 2.10. The quantitative estimate of drug-likeness (QED) is 0.600. The Morgan fingerprint density at radius 2 is 1.44 bits per heavy atom. The molecule has 0 heterocycles. The Morgan fingerprint density at radius 1 is 0.800 bits per heavy atom. The fraction of sp³-hybridized carbons (Fsp3) is 0.217. The van der Waals surface area contributed by atoms with E-state index in [1.54, 1.807) is 0 Å². The molecule has 2 heteroatoms. The second-order valence-electron chi connectivity index (χ2n) is 6.15. The number of rotatable bonds is 7. The fourth-order valence-corrected chi connectivity index (χ4v) is 3.07. The van der Waals surface area contributed by atoms with Crippen molar-refractivity contribution >= 4 is 0 Å². The third kappa shape index (κ3) is 4.16. The van der Waals surface area contributed by atoms with E-state index in [0.717, 1.165) is 0 Å². The van der Waals surface area contributed by atoms with E-state index in [0.29, 0.717) is 19.6 Å². The van der Waals surface area contributed by atoms with Gasteiger partial charge in [0.1, 0.15) is 0 Å². The molecule has 0 aromatic heterocycles.